The normalized spacial score (nSPS) is 16.1. The van der Waals surface area contributed by atoms with Crippen LogP contribution < -0.4 is 5.32 Å². The predicted molar refractivity (Wildman–Crippen MR) is 94.6 cm³/mol. The van der Waals surface area contributed by atoms with Crippen molar-refractivity contribution in [1.29, 1.82) is 0 Å². The predicted octanol–water partition coefficient (Wildman–Crippen LogP) is 2.30. The summed E-state index contributed by atoms with van der Waals surface area (Å²) in [5, 5.41) is 20.3. The molecule has 0 amide bonds. The fraction of sp³-hybridized carbons (Fsp3) is 0.316. The molecule has 3 N–H and O–H groups in total. The van der Waals surface area contributed by atoms with Crippen LogP contribution in [-0.2, 0) is 0 Å². The SMILES string of the molecule is C=CC1=C(/C=C\C)c2ccc(C=O)cc2C1CO.CNCCO. The topological polar surface area (TPSA) is 69.6 Å². The van der Waals surface area contributed by atoms with E-state index in [1.54, 1.807) is 19.2 Å². The maximum atomic E-state index is 10.8. The third-order valence-corrected chi connectivity index (χ3v) is 3.66. The molecule has 0 fully saturated rings. The van der Waals surface area contributed by atoms with Crippen LogP contribution in [0.1, 0.15) is 34.3 Å². The Morgan fingerprint density at radius 1 is 1.35 bits per heavy atom. The van der Waals surface area contributed by atoms with Gasteiger partial charge in [-0.2, -0.15) is 0 Å². The summed E-state index contributed by atoms with van der Waals surface area (Å²) in [6.45, 7) is 6.74. The molecular formula is C19H25NO3. The van der Waals surface area contributed by atoms with E-state index in [0.29, 0.717) is 12.1 Å². The van der Waals surface area contributed by atoms with E-state index in [-0.39, 0.29) is 19.1 Å². The number of fused-ring (bicyclic) bond motifs is 1. The van der Waals surface area contributed by atoms with Gasteiger partial charge in [-0.1, -0.05) is 36.9 Å². The molecule has 0 heterocycles. The van der Waals surface area contributed by atoms with Crippen LogP contribution in [0.25, 0.3) is 5.57 Å². The molecule has 0 radical (unpaired) electrons. The fourth-order valence-corrected chi connectivity index (χ4v) is 2.61. The molecule has 0 spiro atoms. The standard InChI is InChI=1S/C16H16O2.C3H9NO/c1-3-5-13-12(4-2)16(10-18)15-8-11(9-17)6-7-14(13)15;1-4-2-3-5/h3-9,16,18H,2,10H2,1H3;4-5H,2-3H2,1H3/b5-3-;. The van der Waals surface area contributed by atoms with E-state index >= 15 is 0 Å². The lowest BCUT2D eigenvalue weighted by atomic mass is 9.95. The highest BCUT2D eigenvalue weighted by Gasteiger charge is 2.27. The molecule has 4 heteroatoms. The number of likely N-dealkylation sites (N-methyl/N-ethyl adjacent to an activating group) is 1. The molecular weight excluding hydrogens is 290 g/mol. The van der Waals surface area contributed by atoms with Crippen molar-refractivity contribution in [3.05, 3.63) is 65.3 Å². The van der Waals surface area contributed by atoms with Gasteiger partial charge in [0.15, 0.2) is 0 Å². The first kappa shape index (κ1) is 19.0. The first-order valence-corrected chi connectivity index (χ1v) is 7.63. The molecule has 0 aliphatic heterocycles. The van der Waals surface area contributed by atoms with Gasteiger partial charge in [0.1, 0.15) is 6.29 Å². The molecule has 4 nitrogen and oxygen atoms in total. The van der Waals surface area contributed by atoms with Gasteiger partial charge in [0, 0.05) is 18.0 Å². The van der Waals surface area contributed by atoms with Crippen molar-refractivity contribution in [3.8, 4) is 0 Å². The maximum Gasteiger partial charge on any atom is 0.150 e. The van der Waals surface area contributed by atoms with Gasteiger partial charge in [0.25, 0.3) is 0 Å². The fourth-order valence-electron chi connectivity index (χ4n) is 2.61. The minimum Gasteiger partial charge on any atom is -0.395 e. The second-order valence-electron chi connectivity index (χ2n) is 5.10. The number of hydrogen-bond acceptors (Lipinski definition) is 4. The number of nitrogens with one attached hydrogen (secondary N) is 1. The zero-order valence-corrected chi connectivity index (χ0v) is 13.7. The zero-order valence-electron chi connectivity index (χ0n) is 13.7. The molecule has 1 aromatic carbocycles. The lowest BCUT2D eigenvalue weighted by molar-refractivity contribution is 0.112. The second kappa shape index (κ2) is 9.90. The van der Waals surface area contributed by atoms with Crippen LogP contribution in [-0.4, -0.2) is 43.3 Å². The van der Waals surface area contributed by atoms with Gasteiger partial charge in [-0.3, -0.25) is 4.79 Å². The van der Waals surface area contributed by atoms with E-state index in [1.807, 2.05) is 31.2 Å². The average molecular weight is 315 g/mol. The van der Waals surface area contributed by atoms with Crippen LogP contribution in [0.3, 0.4) is 0 Å². The maximum absolute atomic E-state index is 10.8. The third kappa shape index (κ3) is 4.48. The van der Waals surface area contributed by atoms with E-state index in [0.717, 1.165) is 28.6 Å². The number of carbonyl (C=O) groups excluding carboxylic acids is 1. The van der Waals surface area contributed by atoms with Crippen molar-refractivity contribution >= 4 is 11.9 Å². The van der Waals surface area contributed by atoms with Gasteiger partial charge in [-0.15, -0.1) is 0 Å². The Morgan fingerprint density at radius 3 is 2.52 bits per heavy atom. The van der Waals surface area contributed by atoms with Crippen LogP contribution in [0, 0.1) is 0 Å². The minimum atomic E-state index is -0.0800. The van der Waals surface area contributed by atoms with Crippen LogP contribution >= 0.6 is 0 Å². The molecule has 0 bridgehead atoms. The van der Waals surface area contributed by atoms with Crippen LogP contribution in [0.2, 0.25) is 0 Å². The summed E-state index contributed by atoms with van der Waals surface area (Å²) in [6.07, 6.45) is 6.61. The molecule has 1 aliphatic rings. The smallest absolute Gasteiger partial charge is 0.150 e. The van der Waals surface area contributed by atoms with Gasteiger partial charge in [0.05, 0.1) is 13.2 Å². The van der Waals surface area contributed by atoms with E-state index in [9.17, 15) is 9.90 Å². The second-order valence-corrected chi connectivity index (χ2v) is 5.10. The highest BCUT2D eigenvalue weighted by atomic mass is 16.3. The number of aliphatic hydroxyl groups excluding tert-OH is 2. The Hall–Kier alpha value is -2.01. The number of allylic oxidation sites excluding steroid dienone is 4. The number of aldehydes is 1. The van der Waals surface area contributed by atoms with Gasteiger partial charge in [-0.05, 0) is 42.3 Å². The number of benzene rings is 1. The highest BCUT2D eigenvalue weighted by molar-refractivity contribution is 5.88. The van der Waals surface area contributed by atoms with Gasteiger partial charge in [-0.25, -0.2) is 0 Å². The Kier molecular flexibility index (Phi) is 8.19. The summed E-state index contributed by atoms with van der Waals surface area (Å²) >= 11 is 0. The van der Waals surface area contributed by atoms with E-state index in [4.69, 9.17) is 5.11 Å². The van der Waals surface area contributed by atoms with Crippen molar-refractivity contribution in [2.24, 2.45) is 0 Å². The molecule has 2 rings (SSSR count). The van der Waals surface area contributed by atoms with Crippen LogP contribution in [0.4, 0.5) is 0 Å². The van der Waals surface area contributed by atoms with Gasteiger partial charge in [0.2, 0.25) is 0 Å². The van der Waals surface area contributed by atoms with Crippen molar-refractivity contribution in [2.45, 2.75) is 12.8 Å². The summed E-state index contributed by atoms with van der Waals surface area (Å²) in [6, 6.07) is 5.59. The summed E-state index contributed by atoms with van der Waals surface area (Å²) in [7, 11) is 1.80. The van der Waals surface area contributed by atoms with E-state index < -0.39 is 0 Å². The zero-order chi connectivity index (χ0) is 17.2. The molecule has 1 aliphatic carbocycles. The van der Waals surface area contributed by atoms with Crippen molar-refractivity contribution in [3.63, 3.8) is 0 Å². The Morgan fingerprint density at radius 2 is 2.09 bits per heavy atom. The number of carbonyl (C=O) groups is 1. The third-order valence-electron chi connectivity index (χ3n) is 3.66. The summed E-state index contributed by atoms with van der Waals surface area (Å²) in [5.41, 5.74) is 4.82. The summed E-state index contributed by atoms with van der Waals surface area (Å²) < 4.78 is 0. The van der Waals surface area contributed by atoms with Crippen molar-refractivity contribution in [2.75, 3.05) is 26.8 Å². The van der Waals surface area contributed by atoms with Gasteiger partial charge < -0.3 is 15.5 Å². The van der Waals surface area contributed by atoms with Crippen molar-refractivity contribution < 1.29 is 15.0 Å². The first-order valence-electron chi connectivity index (χ1n) is 7.63. The van der Waals surface area contributed by atoms with Crippen LogP contribution in [0.5, 0.6) is 0 Å². The quantitative estimate of drug-likeness (QED) is 0.705. The molecule has 1 atom stereocenters. The molecule has 0 saturated carbocycles. The van der Waals surface area contributed by atoms with E-state index in [1.165, 1.54) is 0 Å². The lowest BCUT2D eigenvalue weighted by Gasteiger charge is -2.10. The molecule has 0 saturated heterocycles. The van der Waals surface area contributed by atoms with Crippen molar-refractivity contribution in [1.82, 2.24) is 5.32 Å². The first-order chi connectivity index (χ1) is 11.2. The molecule has 124 valence electrons. The Bertz CT molecular complexity index is 601. The molecule has 23 heavy (non-hydrogen) atoms. The van der Waals surface area contributed by atoms with Crippen LogP contribution in [0.15, 0.2) is 48.6 Å². The summed E-state index contributed by atoms with van der Waals surface area (Å²) in [5.74, 6) is -0.0800. The Labute approximate surface area is 137 Å². The minimum absolute atomic E-state index is 0.0255. The number of hydrogen-bond donors (Lipinski definition) is 3. The molecule has 0 aromatic heterocycles. The van der Waals surface area contributed by atoms with E-state index in [2.05, 4.69) is 11.9 Å². The monoisotopic (exact) mass is 315 g/mol. The number of aliphatic hydroxyl groups is 2. The summed E-state index contributed by atoms with van der Waals surface area (Å²) in [4.78, 5) is 10.8. The average Bonchev–Trinajstić information content (AvgIpc) is 2.88. The highest BCUT2D eigenvalue weighted by Crippen LogP contribution is 2.43. The molecule has 1 unspecified atom stereocenters. The lowest BCUT2D eigenvalue weighted by Crippen LogP contribution is -2.10. The van der Waals surface area contributed by atoms with Gasteiger partial charge >= 0.3 is 0 Å². The largest absolute Gasteiger partial charge is 0.395 e. The molecule has 1 aromatic rings. The Balaban J connectivity index is 0.000000463. The number of rotatable bonds is 6.